The predicted molar refractivity (Wildman–Crippen MR) is 523 cm³/mol. The largest absolute Gasteiger partial charge is 0.508 e. The molecule has 0 amide bonds. The van der Waals surface area contributed by atoms with Gasteiger partial charge in [-0.2, -0.15) is 0 Å². The van der Waals surface area contributed by atoms with Crippen molar-refractivity contribution in [2.24, 2.45) is 0 Å². The number of hydrogen-bond donors (Lipinski definition) is 2. The van der Waals surface area contributed by atoms with E-state index < -0.39 is 5.97 Å². The third-order valence-electron chi connectivity index (χ3n) is 22.5. The van der Waals surface area contributed by atoms with Crippen molar-refractivity contribution in [1.29, 1.82) is 0 Å². The molecule has 0 spiro atoms. The van der Waals surface area contributed by atoms with Crippen LogP contribution in [0.5, 0.6) is 23.0 Å². The maximum Gasteiger partial charge on any atom is 0.344 e. The lowest BCUT2D eigenvalue weighted by Gasteiger charge is -2.18. The van der Waals surface area contributed by atoms with E-state index in [-0.39, 0.29) is 32.4 Å². The van der Waals surface area contributed by atoms with Crippen molar-refractivity contribution in [2.45, 2.75) is 91.9 Å². The van der Waals surface area contributed by atoms with Crippen molar-refractivity contribution >= 4 is 134 Å². The summed E-state index contributed by atoms with van der Waals surface area (Å²) in [7, 11) is 1.71. The summed E-state index contributed by atoms with van der Waals surface area (Å²) in [6.07, 6.45) is 8.26. The highest BCUT2D eigenvalue weighted by atomic mass is 35.5. The van der Waals surface area contributed by atoms with E-state index in [0.29, 0.717) is 98.2 Å². The molecule has 131 heavy (non-hydrogen) atoms. The Morgan fingerprint density at radius 1 is 0.344 bits per heavy atom. The molecule has 0 aliphatic carbocycles. The Kier molecular flexibility index (Phi) is 35.7. The average Bonchev–Trinajstić information content (AvgIpc) is 1.69. The number of halogens is 10. The molecule has 0 atom stereocenters. The molecular formula is C103H96Cl10N4O14. The van der Waals surface area contributed by atoms with E-state index in [2.05, 4.69) is 37.8 Å². The van der Waals surface area contributed by atoms with Crippen LogP contribution >= 0.6 is 116 Å². The molecule has 2 N–H and O–H groups in total. The van der Waals surface area contributed by atoms with Gasteiger partial charge in [-0.15, -0.1) is 0 Å². The number of carbonyl (C=O) groups excluding carboxylic acids is 2. The number of aromatic hydroxyl groups is 1. The van der Waals surface area contributed by atoms with Crippen molar-refractivity contribution < 1.29 is 65.6 Å². The second-order valence-corrected chi connectivity index (χ2v) is 35.6. The van der Waals surface area contributed by atoms with Gasteiger partial charge in [0.15, 0.2) is 25.3 Å². The van der Waals surface area contributed by atoms with Gasteiger partial charge >= 0.3 is 11.9 Å². The van der Waals surface area contributed by atoms with Crippen LogP contribution in [0.25, 0.3) is 56.6 Å². The number of hydrogen-bond acceptors (Lipinski definition) is 17. The molecule has 0 unspecified atom stereocenters. The maximum atomic E-state index is 11.5. The summed E-state index contributed by atoms with van der Waals surface area (Å²) in [6, 6.07) is 69.8. The lowest BCUT2D eigenvalue weighted by atomic mass is 10.0. The second kappa shape index (κ2) is 47.5. The van der Waals surface area contributed by atoms with Crippen LogP contribution in [0.4, 0.5) is 0 Å². The normalized spacial score (nSPS) is 13.8. The molecule has 4 aliphatic rings. The van der Waals surface area contributed by atoms with Crippen molar-refractivity contribution in [3.8, 4) is 79.6 Å². The van der Waals surface area contributed by atoms with Crippen LogP contribution in [0.3, 0.4) is 0 Å². The highest BCUT2D eigenvalue weighted by Crippen LogP contribution is 2.39. The molecule has 18 rings (SSSR count). The van der Waals surface area contributed by atoms with Gasteiger partial charge in [0.25, 0.3) is 0 Å². The fraction of sp³-hybridized carbons (Fsp3) is 0.252. The molecule has 18 nitrogen and oxygen atoms in total. The molecule has 28 heteroatoms. The number of ether oxygens (including phenoxy) is 4. The van der Waals surface area contributed by atoms with Gasteiger partial charge in [-0.05, 0) is 303 Å². The van der Waals surface area contributed by atoms with Crippen molar-refractivity contribution in [1.82, 2.24) is 19.6 Å². The minimum absolute atomic E-state index is 0. The number of carboxylic acid groups (broad SMARTS) is 1. The highest BCUT2D eigenvalue weighted by Gasteiger charge is 2.25. The van der Waals surface area contributed by atoms with Gasteiger partial charge < -0.3 is 51.2 Å². The molecular weight excluding hydrogens is 1870 g/mol. The summed E-state index contributed by atoms with van der Waals surface area (Å²) in [5.74, 6) is 8.69. The number of phenolic OH excluding ortho intramolecular Hbond substituents is 1. The fourth-order valence-corrected chi connectivity index (χ4v) is 18.3. The van der Waals surface area contributed by atoms with Crippen LogP contribution in [-0.4, -0.2) is 127 Å². The van der Waals surface area contributed by atoms with Crippen molar-refractivity contribution in [3.05, 3.63) is 348 Å². The number of esters is 1. The average molecular weight is 1970 g/mol. The first-order chi connectivity index (χ1) is 62.9. The van der Waals surface area contributed by atoms with Crippen LogP contribution in [0.2, 0.25) is 50.2 Å². The molecule has 0 saturated heterocycles. The molecule has 9 heterocycles. The van der Waals surface area contributed by atoms with E-state index in [1.54, 1.807) is 80.8 Å². The van der Waals surface area contributed by atoms with Gasteiger partial charge in [0.05, 0.1) is 65.0 Å². The number of aldehydes is 1. The first-order valence-corrected chi connectivity index (χ1v) is 46.1. The van der Waals surface area contributed by atoms with Gasteiger partial charge in [0.2, 0.25) is 0 Å². The van der Waals surface area contributed by atoms with E-state index in [0.717, 1.165) is 197 Å². The number of aliphatic carboxylic acids is 1. The van der Waals surface area contributed by atoms with Crippen LogP contribution in [0, 0.1) is 0 Å². The highest BCUT2D eigenvalue weighted by molar-refractivity contribution is 6.39. The van der Waals surface area contributed by atoms with Crippen LogP contribution in [0.15, 0.2) is 247 Å². The summed E-state index contributed by atoms with van der Waals surface area (Å²) in [6.45, 7) is 12.3. The van der Waals surface area contributed by atoms with E-state index in [1.807, 2.05) is 140 Å². The zero-order valence-corrected chi connectivity index (χ0v) is 78.6. The Bertz CT molecular complexity index is 6260. The topological polar surface area (TPSA) is 207 Å². The quantitative estimate of drug-likeness (QED) is 0.0478. The molecule has 14 aromatic rings. The molecule has 0 bridgehead atoms. The van der Waals surface area contributed by atoms with Crippen molar-refractivity contribution in [2.75, 3.05) is 79.3 Å². The Labute approximate surface area is 811 Å². The number of fused-ring (bicyclic) bond motifs is 4. The van der Waals surface area contributed by atoms with Gasteiger partial charge in [0.1, 0.15) is 74.8 Å². The van der Waals surface area contributed by atoms with Gasteiger partial charge in [0, 0.05) is 105 Å². The summed E-state index contributed by atoms with van der Waals surface area (Å²) >= 11 is 60.9. The van der Waals surface area contributed by atoms with Crippen LogP contribution in [0.1, 0.15) is 92.5 Å². The monoisotopic (exact) mass is 1960 g/mol. The minimum atomic E-state index is -0.978. The number of furan rings is 5. The Balaban J connectivity index is 0.000000141. The van der Waals surface area contributed by atoms with E-state index >= 15 is 0 Å². The maximum absolute atomic E-state index is 11.5. The predicted octanol–water partition coefficient (Wildman–Crippen LogP) is 27.2. The summed E-state index contributed by atoms with van der Waals surface area (Å²) < 4.78 is 50.6. The smallest absolute Gasteiger partial charge is 0.344 e. The molecule has 9 aromatic carbocycles. The zero-order valence-electron chi connectivity index (χ0n) is 71.1. The minimum Gasteiger partial charge on any atom is -0.508 e. The number of nitrogens with zero attached hydrogens (tertiary/aromatic N) is 4. The fourth-order valence-electron chi connectivity index (χ4n) is 15.7. The molecule has 5 aromatic heterocycles. The first-order valence-electron chi connectivity index (χ1n) is 42.3. The zero-order chi connectivity index (χ0) is 91.3. The van der Waals surface area contributed by atoms with Crippen LogP contribution < -0.4 is 14.2 Å². The lowest BCUT2D eigenvalue weighted by molar-refractivity contribution is -0.145. The molecule has 0 saturated carbocycles. The third-order valence-corrected chi connectivity index (χ3v) is 25.2. The molecule has 4 aliphatic heterocycles. The number of carbonyl (C=O) groups is 3. The van der Waals surface area contributed by atoms with Gasteiger partial charge in [-0.1, -0.05) is 148 Å². The molecule has 0 radical (unpaired) electrons. The van der Waals surface area contributed by atoms with E-state index in [4.69, 9.17) is 162 Å². The number of phenols is 1. The van der Waals surface area contributed by atoms with E-state index in [9.17, 15) is 19.5 Å². The Hall–Kier alpha value is -10.1. The lowest BCUT2D eigenvalue weighted by Crippen LogP contribution is -2.25. The summed E-state index contributed by atoms with van der Waals surface area (Å²) in [5.41, 5.74) is 14.5. The first kappa shape index (κ1) is 98.4. The number of rotatable bonds is 22. The van der Waals surface area contributed by atoms with Gasteiger partial charge in [-0.25, -0.2) is 9.59 Å². The second-order valence-electron chi connectivity index (χ2n) is 31.3. The standard InChI is InChI=1S/C25H25Cl2NO4.C23H21Cl2NO4.C22H21Cl2NO2.C21H19Cl2NO2.C11H6Cl2O2.CH4/c1-2-30-25(29)16-31-20-5-3-17-9-11-28(12-10-18(17)13-20)15-21-6-8-24(32-21)22-7-4-19(26)14-23(22)27;24-17-2-5-20(21(25)12-17)22-6-4-19(30-22)13-26-9-7-15-1-3-18(29-14-23(27)28)11-16(15)8-10-26;1-26-18-4-2-15-8-10-25(11-9-16(15)12-18)14-19-5-7-22(27-19)20-6-3-17(23)13-21(20)24;22-16-2-5-19(20(23)12-16)21-6-4-18(26-21)13-24-9-7-14-1-3-17(25)11-15(14)8-10-24;12-7-1-3-9(10(13)5-7)11-4-2-8(6-14)15-11;/h3-8,13-14H,2,9-12,15-16H2,1H3;1-6,11-12H,7-10,13-14H2,(H,27,28);2-7,12-13H,8-11,14H2,1H3;1-6,11-12,25H,7-10,13H2;1-6H;1H4. The van der Waals surface area contributed by atoms with Crippen molar-refractivity contribution in [3.63, 3.8) is 0 Å². The Morgan fingerprint density at radius 2 is 0.626 bits per heavy atom. The number of carboxylic acids is 1. The van der Waals surface area contributed by atoms with E-state index in [1.165, 1.54) is 44.5 Å². The molecule has 682 valence electrons. The Morgan fingerprint density at radius 3 is 0.924 bits per heavy atom. The number of methoxy groups -OCH3 is 1. The number of benzene rings is 9. The van der Waals surface area contributed by atoms with Crippen LogP contribution in [-0.2, 0) is 91.9 Å². The molecule has 0 fully saturated rings. The summed E-state index contributed by atoms with van der Waals surface area (Å²) in [5, 5.41) is 24.3. The summed E-state index contributed by atoms with van der Waals surface area (Å²) in [4.78, 5) is 42.2. The third kappa shape index (κ3) is 27.8. The van der Waals surface area contributed by atoms with Gasteiger partial charge in [-0.3, -0.25) is 24.4 Å². The SMILES string of the molecule is C.CCOC(=O)COc1ccc2c(c1)CCN(Cc1ccc(-c3ccc(Cl)cc3Cl)o1)CC2.COc1ccc2c(c1)CCN(Cc1ccc(-c3ccc(Cl)cc3Cl)o1)CC2.O=C(O)COc1ccc2c(c1)CCN(Cc1ccc(-c3ccc(Cl)cc3Cl)o1)CC2.O=Cc1ccc(-c2ccc(Cl)cc2Cl)o1.Oc1ccc2c(c1)CCN(Cc1ccc(-c3ccc(Cl)cc3Cl)o1)CC2.